The first-order valence-electron chi connectivity index (χ1n) is 6.19. The molecule has 2 nitrogen and oxygen atoms in total. The van der Waals surface area contributed by atoms with E-state index in [-0.39, 0.29) is 5.82 Å². The van der Waals surface area contributed by atoms with Crippen LogP contribution in [0.3, 0.4) is 0 Å². The molecule has 0 saturated heterocycles. The van der Waals surface area contributed by atoms with Crippen LogP contribution in [-0.2, 0) is 6.42 Å². The first kappa shape index (κ1) is 16.2. The molecular weight excluding hydrogens is 227 g/mol. The predicted molar refractivity (Wildman–Crippen MR) is 73.9 cm³/mol. The molecule has 3 heteroatoms. The molecule has 2 aromatic rings. The molecule has 0 radical (unpaired) electrons. The molecule has 0 aliphatic heterocycles. The first-order chi connectivity index (χ1) is 8.72. The molecule has 0 unspecified atom stereocenters. The Balaban J connectivity index is 0.000000289. The Hall–Kier alpha value is -1.77. The van der Waals surface area contributed by atoms with Crippen molar-refractivity contribution in [3.05, 3.63) is 59.9 Å². The lowest BCUT2D eigenvalue weighted by Crippen LogP contribution is -1.78. The van der Waals surface area contributed by atoms with Gasteiger partial charge < -0.3 is 0 Å². The summed E-state index contributed by atoms with van der Waals surface area (Å²) < 4.78 is 12.2. The minimum atomic E-state index is -0.160. The summed E-state index contributed by atoms with van der Waals surface area (Å²) in [5.41, 5.74) is 2.19. The number of aromatic nitrogens is 2. The average molecular weight is 248 g/mol. The van der Waals surface area contributed by atoms with Crippen molar-refractivity contribution in [3.63, 3.8) is 0 Å². The van der Waals surface area contributed by atoms with Crippen molar-refractivity contribution in [2.75, 3.05) is 0 Å². The van der Waals surface area contributed by atoms with Crippen LogP contribution in [0.2, 0.25) is 0 Å². The van der Waals surface area contributed by atoms with E-state index >= 15 is 0 Å². The topological polar surface area (TPSA) is 25.8 Å². The lowest BCUT2D eigenvalue weighted by molar-refractivity contribution is 0.627. The van der Waals surface area contributed by atoms with E-state index in [0.29, 0.717) is 0 Å². The molecule has 18 heavy (non-hydrogen) atoms. The summed E-state index contributed by atoms with van der Waals surface area (Å²) in [5, 5.41) is 0. The van der Waals surface area contributed by atoms with Crippen LogP contribution < -0.4 is 0 Å². The third-order valence-corrected chi connectivity index (χ3v) is 2.05. The fraction of sp³-hybridized carbons (Fsp3) is 0.333. The maximum atomic E-state index is 12.2. The third-order valence-electron chi connectivity index (χ3n) is 2.05. The highest BCUT2D eigenvalue weighted by molar-refractivity contribution is 5.15. The van der Waals surface area contributed by atoms with Crippen molar-refractivity contribution in [3.8, 4) is 0 Å². The van der Waals surface area contributed by atoms with Crippen molar-refractivity contribution < 1.29 is 4.39 Å². The zero-order chi connectivity index (χ0) is 13.8. The second kappa shape index (κ2) is 10.4. The zero-order valence-corrected chi connectivity index (χ0v) is 11.5. The van der Waals surface area contributed by atoms with Crippen LogP contribution in [-0.4, -0.2) is 9.97 Å². The lowest BCUT2D eigenvalue weighted by atomic mass is 10.2. The minimum Gasteiger partial charge on any atom is -0.245 e. The molecule has 0 N–H and O–H groups in total. The van der Waals surface area contributed by atoms with E-state index in [2.05, 4.69) is 9.97 Å². The van der Waals surface area contributed by atoms with Gasteiger partial charge in [-0.25, -0.2) is 14.4 Å². The lowest BCUT2D eigenvalue weighted by Gasteiger charge is -1.92. The Morgan fingerprint density at radius 2 is 1.67 bits per heavy atom. The van der Waals surface area contributed by atoms with Crippen LogP contribution in [0, 0.1) is 12.7 Å². The van der Waals surface area contributed by atoms with E-state index < -0.39 is 0 Å². The molecule has 0 atom stereocenters. The number of benzene rings is 1. The predicted octanol–water partition coefficient (Wildman–Crippen LogP) is 4.20. The molecule has 0 aliphatic carbocycles. The number of halogens is 1. The van der Waals surface area contributed by atoms with Gasteiger partial charge in [0, 0.05) is 11.9 Å². The van der Waals surface area contributed by atoms with Gasteiger partial charge in [0.1, 0.15) is 12.1 Å². The van der Waals surface area contributed by atoms with Crippen LogP contribution in [0.4, 0.5) is 4.39 Å². The smallest absolute Gasteiger partial charge is 0.123 e. The van der Waals surface area contributed by atoms with Gasteiger partial charge in [-0.3, -0.25) is 0 Å². The number of hydrogen-bond acceptors (Lipinski definition) is 2. The molecule has 1 heterocycles. The Morgan fingerprint density at radius 1 is 1.06 bits per heavy atom. The van der Waals surface area contributed by atoms with E-state index in [1.807, 2.05) is 33.8 Å². The maximum absolute atomic E-state index is 12.2. The van der Waals surface area contributed by atoms with Crippen molar-refractivity contribution in [1.29, 1.82) is 0 Å². The molecule has 0 aliphatic rings. The molecular formula is C15H21FN2. The second-order valence-corrected chi connectivity index (χ2v) is 3.33. The highest BCUT2D eigenvalue weighted by Crippen LogP contribution is 2.01. The molecule has 98 valence electrons. The molecule has 1 aromatic heterocycles. The van der Waals surface area contributed by atoms with Gasteiger partial charge in [-0.15, -0.1) is 0 Å². The van der Waals surface area contributed by atoms with E-state index in [1.165, 1.54) is 24.0 Å². The monoisotopic (exact) mass is 248 g/mol. The highest BCUT2D eigenvalue weighted by atomic mass is 19.1. The van der Waals surface area contributed by atoms with E-state index in [1.54, 1.807) is 18.3 Å². The molecule has 0 spiro atoms. The summed E-state index contributed by atoms with van der Waals surface area (Å²) in [7, 11) is 0. The van der Waals surface area contributed by atoms with Gasteiger partial charge in [0.2, 0.25) is 0 Å². The summed E-state index contributed by atoms with van der Waals surface area (Å²) in [6, 6.07) is 8.43. The van der Waals surface area contributed by atoms with Gasteiger partial charge in [-0.1, -0.05) is 32.9 Å². The van der Waals surface area contributed by atoms with Gasteiger partial charge in [-0.2, -0.15) is 0 Å². The van der Waals surface area contributed by atoms with Crippen LogP contribution >= 0.6 is 0 Å². The van der Waals surface area contributed by atoms with Crippen molar-refractivity contribution in [2.24, 2.45) is 0 Å². The first-order valence-corrected chi connectivity index (χ1v) is 6.19. The Labute approximate surface area is 109 Å². The fourth-order valence-corrected chi connectivity index (χ4v) is 1.08. The molecule has 0 bridgehead atoms. The van der Waals surface area contributed by atoms with Gasteiger partial charge in [0.25, 0.3) is 0 Å². The number of aryl methyl sites for hydroxylation is 2. The second-order valence-electron chi connectivity index (χ2n) is 3.33. The summed E-state index contributed by atoms with van der Waals surface area (Å²) in [6.07, 6.45) is 4.23. The van der Waals surface area contributed by atoms with Crippen LogP contribution in [0.15, 0.2) is 42.9 Å². The number of nitrogens with zero attached hydrogens (tertiary/aromatic N) is 2. The molecule has 2 rings (SSSR count). The van der Waals surface area contributed by atoms with Crippen LogP contribution in [0.25, 0.3) is 0 Å². The molecule has 0 fully saturated rings. The van der Waals surface area contributed by atoms with Gasteiger partial charge in [0.05, 0.1) is 0 Å². The van der Waals surface area contributed by atoms with Crippen molar-refractivity contribution in [2.45, 2.75) is 34.1 Å². The highest BCUT2D eigenvalue weighted by Gasteiger charge is 1.87. The maximum Gasteiger partial charge on any atom is 0.123 e. The van der Waals surface area contributed by atoms with Gasteiger partial charge >= 0.3 is 0 Å². The number of hydrogen-bond donors (Lipinski definition) is 0. The van der Waals surface area contributed by atoms with Crippen molar-refractivity contribution >= 4 is 0 Å². The minimum absolute atomic E-state index is 0.160. The largest absolute Gasteiger partial charge is 0.245 e. The molecule has 0 saturated carbocycles. The van der Waals surface area contributed by atoms with E-state index in [9.17, 15) is 4.39 Å². The summed E-state index contributed by atoms with van der Waals surface area (Å²) in [6.45, 7) is 7.98. The Morgan fingerprint density at radius 3 is 2.00 bits per heavy atom. The Kier molecular flexibility index (Phi) is 9.37. The molecule has 0 amide bonds. The van der Waals surface area contributed by atoms with Crippen LogP contribution in [0.5, 0.6) is 0 Å². The summed E-state index contributed by atoms with van der Waals surface area (Å²) in [5.74, 6) is -0.160. The quantitative estimate of drug-likeness (QED) is 0.756. The SMILES string of the molecule is CC.CCc1ccc(F)cc1.Cc1ccncn1. The van der Waals surface area contributed by atoms with Gasteiger partial charge in [-0.05, 0) is 37.1 Å². The summed E-state index contributed by atoms with van der Waals surface area (Å²) in [4.78, 5) is 7.60. The fourth-order valence-electron chi connectivity index (χ4n) is 1.08. The van der Waals surface area contributed by atoms with Crippen molar-refractivity contribution in [1.82, 2.24) is 9.97 Å². The normalized spacial score (nSPS) is 8.50. The van der Waals surface area contributed by atoms with Gasteiger partial charge in [0.15, 0.2) is 0 Å². The van der Waals surface area contributed by atoms with Crippen LogP contribution in [0.1, 0.15) is 32.0 Å². The average Bonchev–Trinajstić information content (AvgIpc) is 2.43. The Bertz CT molecular complexity index is 399. The zero-order valence-electron chi connectivity index (χ0n) is 11.5. The standard InChI is InChI=1S/C8H9F.C5H6N2.C2H6/c1-2-7-3-5-8(9)6-4-7;1-5-2-3-6-4-7-5;1-2/h3-6H,2H2,1H3;2-4H,1H3;1-2H3. The number of rotatable bonds is 1. The summed E-state index contributed by atoms with van der Waals surface area (Å²) >= 11 is 0. The van der Waals surface area contributed by atoms with E-state index in [4.69, 9.17) is 0 Å². The van der Waals surface area contributed by atoms with E-state index in [0.717, 1.165) is 12.1 Å². The molecule has 1 aromatic carbocycles. The third kappa shape index (κ3) is 7.49.